The Balaban J connectivity index is 2.48. The SMILES string of the molecule is CCCc1c(N)c(-c2ccc(Cl)cc2)nn1C(=O)OC(C)(C)C. The van der Waals surface area contributed by atoms with Crippen molar-refractivity contribution in [2.75, 3.05) is 5.73 Å². The third kappa shape index (κ3) is 4.05. The van der Waals surface area contributed by atoms with E-state index in [1.165, 1.54) is 4.68 Å². The van der Waals surface area contributed by atoms with Gasteiger partial charge in [0, 0.05) is 10.6 Å². The summed E-state index contributed by atoms with van der Waals surface area (Å²) in [5, 5.41) is 5.02. The quantitative estimate of drug-likeness (QED) is 0.895. The molecule has 0 aliphatic carbocycles. The minimum absolute atomic E-state index is 0.500. The summed E-state index contributed by atoms with van der Waals surface area (Å²) in [5.74, 6) is 0. The van der Waals surface area contributed by atoms with Crippen LogP contribution in [-0.2, 0) is 11.2 Å². The molecule has 23 heavy (non-hydrogen) atoms. The molecule has 5 nitrogen and oxygen atoms in total. The van der Waals surface area contributed by atoms with E-state index in [0.717, 1.165) is 12.0 Å². The van der Waals surface area contributed by atoms with Crippen molar-refractivity contribution in [2.24, 2.45) is 0 Å². The van der Waals surface area contributed by atoms with Gasteiger partial charge in [-0.25, -0.2) is 4.79 Å². The van der Waals surface area contributed by atoms with E-state index in [1.807, 2.05) is 39.8 Å². The van der Waals surface area contributed by atoms with Crippen LogP contribution in [0.25, 0.3) is 11.3 Å². The highest BCUT2D eigenvalue weighted by atomic mass is 35.5. The molecule has 0 amide bonds. The van der Waals surface area contributed by atoms with E-state index < -0.39 is 11.7 Å². The number of carbonyl (C=O) groups is 1. The number of nitrogens with two attached hydrogens (primary N) is 1. The predicted molar refractivity (Wildman–Crippen MR) is 92.7 cm³/mol. The van der Waals surface area contributed by atoms with Crippen LogP contribution in [0.4, 0.5) is 10.5 Å². The molecule has 0 spiro atoms. The zero-order chi connectivity index (χ0) is 17.2. The van der Waals surface area contributed by atoms with Crippen LogP contribution >= 0.6 is 11.6 Å². The number of hydrogen-bond donors (Lipinski definition) is 1. The van der Waals surface area contributed by atoms with Crippen LogP contribution in [0.1, 0.15) is 39.8 Å². The highest BCUT2D eigenvalue weighted by molar-refractivity contribution is 6.30. The molecular weight excluding hydrogens is 314 g/mol. The van der Waals surface area contributed by atoms with Crippen molar-refractivity contribution in [3.63, 3.8) is 0 Å². The summed E-state index contributed by atoms with van der Waals surface area (Å²) in [6, 6.07) is 7.19. The van der Waals surface area contributed by atoms with Gasteiger partial charge in [0.25, 0.3) is 0 Å². The van der Waals surface area contributed by atoms with Crippen LogP contribution in [0, 0.1) is 0 Å². The zero-order valence-corrected chi connectivity index (χ0v) is 14.6. The number of aromatic nitrogens is 2. The molecular formula is C17H22ClN3O2. The highest BCUT2D eigenvalue weighted by Crippen LogP contribution is 2.30. The summed E-state index contributed by atoms with van der Waals surface area (Å²) < 4.78 is 6.69. The fourth-order valence-electron chi connectivity index (χ4n) is 2.22. The Bertz CT molecular complexity index is 700. The molecule has 6 heteroatoms. The molecule has 2 rings (SSSR count). The van der Waals surface area contributed by atoms with E-state index >= 15 is 0 Å². The zero-order valence-electron chi connectivity index (χ0n) is 13.9. The molecule has 0 atom stereocenters. The van der Waals surface area contributed by atoms with E-state index in [9.17, 15) is 4.79 Å². The van der Waals surface area contributed by atoms with Crippen LogP contribution < -0.4 is 5.73 Å². The summed E-state index contributed by atoms with van der Waals surface area (Å²) in [4.78, 5) is 12.4. The Morgan fingerprint density at radius 3 is 2.43 bits per heavy atom. The molecule has 1 heterocycles. The second kappa shape index (κ2) is 6.62. The lowest BCUT2D eigenvalue weighted by molar-refractivity contribution is 0.0510. The average Bonchev–Trinajstić information content (AvgIpc) is 2.76. The Morgan fingerprint density at radius 2 is 1.91 bits per heavy atom. The highest BCUT2D eigenvalue weighted by Gasteiger charge is 2.24. The molecule has 0 aliphatic rings. The van der Waals surface area contributed by atoms with Crippen LogP contribution in [0.5, 0.6) is 0 Å². The van der Waals surface area contributed by atoms with Crippen molar-refractivity contribution < 1.29 is 9.53 Å². The van der Waals surface area contributed by atoms with E-state index in [2.05, 4.69) is 5.10 Å². The van der Waals surface area contributed by atoms with Crippen molar-refractivity contribution in [1.82, 2.24) is 9.78 Å². The van der Waals surface area contributed by atoms with Gasteiger partial charge in [-0.05, 0) is 39.3 Å². The third-order valence-electron chi connectivity index (χ3n) is 3.19. The van der Waals surface area contributed by atoms with Gasteiger partial charge in [0.05, 0.1) is 11.4 Å². The molecule has 0 saturated carbocycles. The normalized spacial score (nSPS) is 11.5. The monoisotopic (exact) mass is 335 g/mol. The first-order valence-electron chi connectivity index (χ1n) is 7.59. The number of ether oxygens (including phenoxy) is 1. The number of rotatable bonds is 3. The second-order valence-electron chi connectivity index (χ2n) is 6.36. The Hall–Kier alpha value is -2.01. The van der Waals surface area contributed by atoms with E-state index in [-0.39, 0.29) is 0 Å². The van der Waals surface area contributed by atoms with E-state index in [0.29, 0.717) is 28.5 Å². The first-order valence-corrected chi connectivity index (χ1v) is 7.97. The maximum absolute atomic E-state index is 12.4. The van der Waals surface area contributed by atoms with Crippen molar-refractivity contribution in [3.05, 3.63) is 35.0 Å². The van der Waals surface area contributed by atoms with Gasteiger partial charge in [-0.3, -0.25) is 0 Å². The molecule has 1 aromatic carbocycles. The number of carbonyl (C=O) groups excluding carboxylic acids is 1. The van der Waals surface area contributed by atoms with Crippen LogP contribution in [0.2, 0.25) is 5.02 Å². The van der Waals surface area contributed by atoms with E-state index in [1.54, 1.807) is 12.1 Å². The van der Waals surface area contributed by atoms with Gasteiger partial charge in [-0.15, -0.1) is 0 Å². The summed E-state index contributed by atoms with van der Waals surface area (Å²) in [7, 11) is 0. The van der Waals surface area contributed by atoms with Crippen LogP contribution in [0.15, 0.2) is 24.3 Å². The first kappa shape index (κ1) is 17.3. The average molecular weight is 336 g/mol. The number of benzene rings is 1. The maximum atomic E-state index is 12.4. The standard InChI is InChI=1S/C17H22ClN3O2/c1-5-6-13-14(19)15(11-7-9-12(18)10-8-11)20-21(13)16(22)23-17(2,3)4/h7-10H,5-6,19H2,1-4H3. The van der Waals surface area contributed by atoms with Gasteiger partial charge in [0.15, 0.2) is 0 Å². The van der Waals surface area contributed by atoms with Gasteiger partial charge < -0.3 is 10.5 Å². The van der Waals surface area contributed by atoms with E-state index in [4.69, 9.17) is 22.1 Å². The molecule has 2 aromatic rings. The molecule has 0 bridgehead atoms. The molecule has 0 saturated heterocycles. The number of hydrogen-bond acceptors (Lipinski definition) is 4. The minimum atomic E-state index is -0.596. The van der Waals surface area contributed by atoms with Gasteiger partial charge in [-0.2, -0.15) is 9.78 Å². The van der Waals surface area contributed by atoms with Gasteiger partial charge in [0.2, 0.25) is 0 Å². The number of halogens is 1. The van der Waals surface area contributed by atoms with Crippen molar-refractivity contribution >= 4 is 23.4 Å². The lowest BCUT2D eigenvalue weighted by Gasteiger charge is -2.19. The fourth-order valence-corrected chi connectivity index (χ4v) is 2.35. The smallest absolute Gasteiger partial charge is 0.435 e. The number of nitrogen functional groups attached to an aromatic ring is 1. The first-order chi connectivity index (χ1) is 10.7. The van der Waals surface area contributed by atoms with Crippen molar-refractivity contribution in [3.8, 4) is 11.3 Å². The Morgan fingerprint density at radius 1 is 1.30 bits per heavy atom. The summed E-state index contributed by atoms with van der Waals surface area (Å²) in [6.07, 6.45) is 0.970. The molecule has 2 N–H and O–H groups in total. The molecule has 0 fully saturated rings. The van der Waals surface area contributed by atoms with Gasteiger partial charge >= 0.3 is 6.09 Å². The van der Waals surface area contributed by atoms with Crippen LogP contribution in [-0.4, -0.2) is 21.5 Å². The van der Waals surface area contributed by atoms with Crippen molar-refractivity contribution in [2.45, 2.75) is 46.1 Å². The predicted octanol–water partition coefficient (Wildman–Crippen LogP) is 4.52. The fraction of sp³-hybridized carbons (Fsp3) is 0.412. The van der Waals surface area contributed by atoms with Gasteiger partial charge in [-0.1, -0.05) is 37.1 Å². The summed E-state index contributed by atoms with van der Waals surface area (Å²) >= 11 is 5.92. The van der Waals surface area contributed by atoms with Gasteiger partial charge in [0.1, 0.15) is 11.3 Å². The largest absolute Gasteiger partial charge is 0.442 e. The third-order valence-corrected chi connectivity index (χ3v) is 3.44. The summed E-state index contributed by atoms with van der Waals surface area (Å²) in [6.45, 7) is 7.47. The molecule has 0 aliphatic heterocycles. The Kier molecular flexibility index (Phi) is 5.00. The second-order valence-corrected chi connectivity index (χ2v) is 6.79. The lowest BCUT2D eigenvalue weighted by Crippen LogP contribution is -2.28. The number of nitrogens with zero attached hydrogens (tertiary/aromatic N) is 2. The summed E-state index contributed by atoms with van der Waals surface area (Å²) in [5.41, 5.74) is 8.19. The van der Waals surface area contributed by atoms with Crippen LogP contribution in [0.3, 0.4) is 0 Å². The molecule has 124 valence electrons. The molecule has 0 radical (unpaired) electrons. The maximum Gasteiger partial charge on any atom is 0.435 e. The minimum Gasteiger partial charge on any atom is -0.442 e. The molecule has 1 aromatic heterocycles. The molecule has 0 unspecified atom stereocenters. The lowest BCUT2D eigenvalue weighted by atomic mass is 10.1. The number of anilines is 1. The van der Waals surface area contributed by atoms with Crippen molar-refractivity contribution in [1.29, 1.82) is 0 Å². The topological polar surface area (TPSA) is 70.1 Å². The Labute approximate surface area is 141 Å².